The van der Waals surface area contributed by atoms with Crippen LogP contribution < -0.4 is 4.72 Å². The molecule has 0 aliphatic heterocycles. The molecule has 1 aromatic carbocycles. The Morgan fingerprint density at radius 2 is 1.89 bits per heavy atom. The van der Waals surface area contributed by atoms with Gasteiger partial charge in [0.25, 0.3) is 0 Å². The van der Waals surface area contributed by atoms with Crippen LogP contribution in [0.4, 0.5) is 0 Å². The van der Waals surface area contributed by atoms with E-state index in [9.17, 15) is 8.42 Å². The van der Waals surface area contributed by atoms with Crippen molar-refractivity contribution in [2.75, 3.05) is 6.54 Å². The molecule has 0 saturated heterocycles. The fourth-order valence-corrected chi connectivity index (χ4v) is 4.64. The Balaban J connectivity index is 1.63. The quantitative estimate of drug-likeness (QED) is 0.908. The zero-order valence-corrected chi connectivity index (χ0v) is 11.2. The standard InChI is InChI=1S/C14H19NO2S/c16-18(17,14-4-2-1-3-5-14)15-10-13-9-11-6-7-12(13)8-11/h1-5,11-13,15H,6-10H2/t11-,12-,13-/m1/s1. The van der Waals surface area contributed by atoms with Gasteiger partial charge in [-0.2, -0.15) is 0 Å². The van der Waals surface area contributed by atoms with Gasteiger partial charge in [-0.15, -0.1) is 0 Å². The van der Waals surface area contributed by atoms with E-state index in [1.54, 1.807) is 24.3 Å². The molecule has 2 aliphatic rings. The van der Waals surface area contributed by atoms with Crippen molar-refractivity contribution < 1.29 is 8.42 Å². The lowest BCUT2D eigenvalue weighted by molar-refractivity contribution is 0.333. The van der Waals surface area contributed by atoms with E-state index in [4.69, 9.17) is 0 Å². The summed E-state index contributed by atoms with van der Waals surface area (Å²) in [5.74, 6) is 2.18. The smallest absolute Gasteiger partial charge is 0.211 e. The van der Waals surface area contributed by atoms with E-state index in [0.29, 0.717) is 17.4 Å². The summed E-state index contributed by atoms with van der Waals surface area (Å²) in [4.78, 5) is 0.369. The molecule has 0 radical (unpaired) electrons. The second-order valence-electron chi connectivity index (χ2n) is 5.60. The molecule has 2 aliphatic carbocycles. The number of hydrogen-bond acceptors (Lipinski definition) is 2. The molecule has 98 valence electrons. The number of rotatable bonds is 4. The average molecular weight is 265 g/mol. The summed E-state index contributed by atoms with van der Waals surface area (Å²) < 4.78 is 26.9. The highest BCUT2D eigenvalue weighted by Crippen LogP contribution is 2.48. The summed E-state index contributed by atoms with van der Waals surface area (Å²) >= 11 is 0. The average Bonchev–Trinajstić information content (AvgIpc) is 3.00. The maximum Gasteiger partial charge on any atom is 0.240 e. The van der Waals surface area contributed by atoms with E-state index in [0.717, 1.165) is 11.8 Å². The Morgan fingerprint density at radius 1 is 1.11 bits per heavy atom. The van der Waals surface area contributed by atoms with E-state index in [2.05, 4.69) is 4.72 Å². The summed E-state index contributed by atoms with van der Waals surface area (Å²) in [6, 6.07) is 8.62. The summed E-state index contributed by atoms with van der Waals surface area (Å²) in [6.07, 6.45) is 5.18. The third kappa shape index (κ3) is 2.31. The van der Waals surface area contributed by atoms with Crippen LogP contribution in [-0.4, -0.2) is 15.0 Å². The minimum Gasteiger partial charge on any atom is -0.211 e. The van der Waals surface area contributed by atoms with Crippen LogP contribution in [0.5, 0.6) is 0 Å². The van der Waals surface area contributed by atoms with Gasteiger partial charge in [-0.1, -0.05) is 24.6 Å². The molecular weight excluding hydrogens is 246 g/mol. The monoisotopic (exact) mass is 265 g/mol. The molecule has 3 rings (SSSR count). The molecule has 2 bridgehead atoms. The first kappa shape index (κ1) is 12.2. The van der Waals surface area contributed by atoms with Crippen molar-refractivity contribution in [3.05, 3.63) is 30.3 Å². The van der Waals surface area contributed by atoms with Crippen LogP contribution in [0.1, 0.15) is 25.7 Å². The summed E-state index contributed by atoms with van der Waals surface area (Å²) in [5, 5.41) is 0. The van der Waals surface area contributed by atoms with E-state index < -0.39 is 10.0 Å². The second kappa shape index (κ2) is 4.67. The molecule has 2 saturated carbocycles. The SMILES string of the molecule is O=S(=O)(NC[C@H]1C[C@@H]2CC[C@@H]1C2)c1ccccc1. The van der Waals surface area contributed by atoms with E-state index in [1.165, 1.54) is 25.7 Å². The van der Waals surface area contributed by atoms with Gasteiger partial charge in [0.15, 0.2) is 0 Å². The van der Waals surface area contributed by atoms with Gasteiger partial charge >= 0.3 is 0 Å². The highest BCUT2D eigenvalue weighted by atomic mass is 32.2. The maximum absolute atomic E-state index is 12.1. The molecule has 2 fully saturated rings. The number of fused-ring (bicyclic) bond motifs is 2. The van der Waals surface area contributed by atoms with Crippen molar-refractivity contribution in [3.8, 4) is 0 Å². The van der Waals surface area contributed by atoms with E-state index in [1.807, 2.05) is 6.07 Å². The molecule has 18 heavy (non-hydrogen) atoms. The van der Waals surface area contributed by atoms with Crippen molar-refractivity contribution in [2.24, 2.45) is 17.8 Å². The molecule has 0 unspecified atom stereocenters. The maximum atomic E-state index is 12.1. The molecule has 0 spiro atoms. The molecule has 0 amide bonds. The zero-order chi connectivity index (χ0) is 12.6. The Kier molecular flexibility index (Phi) is 3.16. The Hall–Kier alpha value is -0.870. The third-order valence-corrected chi connectivity index (χ3v) is 5.91. The van der Waals surface area contributed by atoms with Gasteiger partial charge in [0.1, 0.15) is 0 Å². The van der Waals surface area contributed by atoms with Gasteiger partial charge in [-0.05, 0) is 49.1 Å². The topological polar surface area (TPSA) is 46.2 Å². The Bertz CT molecular complexity index is 512. The van der Waals surface area contributed by atoms with Crippen molar-refractivity contribution in [2.45, 2.75) is 30.6 Å². The largest absolute Gasteiger partial charge is 0.240 e. The van der Waals surface area contributed by atoms with Crippen LogP contribution in [-0.2, 0) is 10.0 Å². The van der Waals surface area contributed by atoms with Gasteiger partial charge in [0.05, 0.1) is 4.90 Å². The van der Waals surface area contributed by atoms with Crippen LogP contribution in [0.2, 0.25) is 0 Å². The van der Waals surface area contributed by atoms with Crippen molar-refractivity contribution in [1.82, 2.24) is 4.72 Å². The van der Waals surface area contributed by atoms with Crippen molar-refractivity contribution >= 4 is 10.0 Å². The van der Waals surface area contributed by atoms with Gasteiger partial charge in [0.2, 0.25) is 10.0 Å². The van der Waals surface area contributed by atoms with Gasteiger partial charge in [-0.3, -0.25) is 0 Å². The van der Waals surface area contributed by atoms with Gasteiger partial charge in [-0.25, -0.2) is 13.1 Å². The molecule has 0 aromatic heterocycles. The Labute approximate surface area is 109 Å². The van der Waals surface area contributed by atoms with Gasteiger partial charge < -0.3 is 0 Å². The van der Waals surface area contributed by atoms with Crippen LogP contribution in [0, 0.1) is 17.8 Å². The first-order valence-corrected chi connectivity index (χ1v) is 8.18. The molecule has 3 atom stereocenters. The van der Waals surface area contributed by atoms with Crippen LogP contribution >= 0.6 is 0 Å². The molecule has 0 heterocycles. The van der Waals surface area contributed by atoms with E-state index >= 15 is 0 Å². The number of benzene rings is 1. The van der Waals surface area contributed by atoms with Crippen molar-refractivity contribution in [1.29, 1.82) is 0 Å². The minimum absolute atomic E-state index is 0.369. The molecular formula is C14H19NO2S. The third-order valence-electron chi connectivity index (χ3n) is 4.47. The number of nitrogens with one attached hydrogen (secondary N) is 1. The summed E-state index contributed by atoms with van der Waals surface area (Å²) in [5.41, 5.74) is 0. The van der Waals surface area contributed by atoms with Crippen molar-refractivity contribution in [3.63, 3.8) is 0 Å². The first-order valence-electron chi connectivity index (χ1n) is 6.70. The normalized spacial score (nSPS) is 30.8. The summed E-state index contributed by atoms with van der Waals surface area (Å²) in [7, 11) is -3.31. The van der Waals surface area contributed by atoms with Gasteiger partial charge in [0, 0.05) is 6.54 Å². The predicted molar refractivity (Wildman–Crippen MR) is 70.6 cm³/mol. The minimum atomic E-state index is -3.31. The molecule has 3 nitrogen and oxygen atoms in total. The lowest BCUT2D eigenvalue weighted by atomic mass is 9.89. The predicted octanol–water partition coefficient (Wildman–Crippen LogP) is 2.40. The Morgan fingerprint density at radius 3 is 2.50 bits per heavy atom. The molecule has 1 aromatic rings. The fourth-order valence-electron chi connectivity index (χ4n) is 3.53. The van der Waals surface area contributed by atoms with E-state index in [-0.39, 0.29) is 0 Å². The lowest BCUT2D eigenvalue weighted by Crippen LogP contribution is -2.31. The second-order valence-corrected chi connectivity index (χ2v) is 7.37. The summed E-state index contributed by atoms with van der Waals surface area (Å²) in [6.45, 7) is 0.610. The zero-order valence-electron chi connectivity index (χ0n) is 10.4. The van der Waals surface area contributed by atoms with Crippen LogP contribution in [0.15, 0.2) is 35.2 Å². The van der Waals surface area contributed by atoms with Crippen LogP contribution in [0.25, 0.3) is 0 Å². The fraction of sp³-hybridized carbons (Fsp3) is 0.571. The first-order chi connectivity index (χ1) is 8.65. The van der Waals surface area contributed by atoms with Crippen LogP contribution in [0.3, 0.4) is 0 Å². The lowest BCUT2D eigenvalue weighted by Gasteiger charge is -2.21. The number of hydrogen-bond donors (Lipinski definition) is 1. The molecule has 1 N–H and O–H groups in total. The molecule has 4 heteroatoms. The number of sulfonamides is 1. The highest BCUT2D eigenvalue weighted by Gasteiger charge is 2.39. The highest BCUT2D eigenvalue weighted by molar-refractivity contribution is 7.89.